The molecule has 0 fully saturated rings. The summed E-state index contributed by atoms with van der Waals surface area (Å²) in [5.41, 5.74) is 1.65. The molecule has 3 rings (SSSR count). The number of aromatic nitrogens is 6. The number of rotatable bonds is 4. The molecule has 3 aromatic heterocycles. The van der Waals surface area contributed by atoms with Crippen molar-refractivity contribution in [2.45, 2.75) is 20.4 Å². The van der Waals surface area contributed by atoms with Gasteiger partial charge in [0.1, 0.15) is 0 Å². The van der Waals surface area contributed by atoms with Crippen molar-refractivity contribution in [1.82, 2.24) is 28.5 Å². The molecule has 0 aliphatic heterocycles. The summed E-state index contributed by atoms with van der Waals surface area (Å²) in [6.45, 7) is 4.27. The first-order chi connectivity index (χ1) is 11.4. The van der Waals surface area contributed by atoms with Crippen LogP contribution in [-0.4, -0.2) is 42.2 Å². The molecule has 0 radical (unpaired) electrons. The number of ether oxygens (including phenoxy) is 1. The van der Waals surface area contributed by atoms with Crippen molar-refractivity contribution < 1.29 is 4.74 Å². The lowest BCUT2D eigenvalue weighted by Crippen LogP contribution is -2.40. The molecular weight excluding hydrogens is 312 g/mol. The number of imidazole rings is 1. The Morgan fingerprint density at radius 2 is 1.88 bits per heavy atom. The number of fused-ring (bicyclic) bond motifs is 1. The summed E-state index contributed by atoms with van der Waals surface area (Å²) in [5, 5.41) is 4.41. The Bertz CT molecular complexity index is 1040. The Labute approximate surface area is 137 Å². The van der Waals surface area contributed by atoms with Gasteiger partial charge in [0, 0.05) is 26.9 Å². The van der Waals surface area contributed by atoms with Crippen molar-refractivity contribution in [2.75, 3.05) is 13.7 Å². The molecule has 0 saturated carbocycles. The molecule has 0 unspecified atom stereocenters. The number of methoxy groups -OCH3 is 1. The Hall–Kier alpha value is -2.68. The highest BCUT2D eigenvalue weighted by molar-refractivity contribution is 5.72. The van der Waals surface area contributed by atoms with Crippen molar-refractivity contribution in [3.05, 3.63) is 38.3 Å². The quantitative estimate of drug-likeness (QED) is 0.665. The zero-order chi connectivity index (χ0) is 17.6. The average molecular weight is 332 g/mol. The van der Waals surface area contributed by atoms with Crippen LogP contribution < -0.4 is 11.2 Å². The van der Waals surface area contributed by atoms with Crippen LogP contribution in [0.2, 0.25) is 0 Å². The molecule has 0 atom stereocenters. The van der Waals surface area contributed by atoms with E-state index < -0.39 is 5.69 Å². The van der Waals surface area contributed by atoms with Gasteiger partial charge < -0.3 is 9.30 Å². The number of hydrogen-bond acceptors (Lipinski definition) is 5. The molecule has 0 amide bonds. The summed E-state index contributed by atoms with van der Waals surface area (Å²) in [4.78, 5) is 29.7. The lowest BCUT2D eigenvalue weighted by atomic mass is 10.4. The van der Waals surface area contributed by atoms with Crippen LogP contribution in [-0.2, 0) is 25.4 Å². The molecule has 3 heterocycles. The van der Waals surface area contributed by atoms with E-state index in [9.17, 15) is 9.59 Å². The van der Waals surface area contributed by atoms with E-state index in [1.165, 1.54) is 16.2 Å². The summed E-state index contributed by atoms with van der Waals surface area (Å²) >= 11 is 0. The maximum absolute atomic E-state index is 12.8. The lowest BCUT2D eigenvalue weighted by Gasteiger charge is -2.08. The van der Waals surface area contributed by atoms with Gasteiger partial charge in [-0.15, -0.1) is 0 Å². The highest BCUT2D eigenvalue weighted by atomic mass is 16.5. The fourth-order valence-electron chi connectivity index (χ4n) is 2.83. The zero-order valence-corrected chi connectivity index (χ0v) is 14.4. The minimum atomic E-state index is -0.414. The fourth-order valence-corrected chi connectivity index (χ4v) is 2.83. The van der Waals surface area contributed by atoms with E-state index in [1.54, 1.807) is 23.3 Å². The normalized spacial score (nSPS) is 11.5. The van der Waals surface area contributed by atoms with Crippen LogP contribution in [0.25, 0.3) is 17.1 Å². The summed E-state index contributed by atoms with van der Waals surface area (Å²) in [6, 6.07) is 1.93. The van der Waals surface area contributed by atoms with E-state index in [2.05, 4.69) is 10.1 Å². The van der Waals surface area contributed by atoms with Gasteiger partial charge in [0.05, 0.1) is 18.8 Å². The predicted molar refractivity (Wildman–Crippen MR) is 88.7 cm³/mol. The zero-order valence-electron chi connectivity index (χ0n) is 14.4. The van der Waals surface area contributed by atoms with E-state index >= 15 is 0 Å². The molecule has 24 heavy (non-hydrogen) atoms. The molecule has 0 aromatic carbocycles. The van der Waals surface area contributed by atoms with Gasteiger partial charge in [0.15, 0.2) is 11.2 Å². The van der Waals surface area contributed by atoms with E-state index in [1.807, 2.05) is 19.9 Å². The second-order valence-electron chi connectivity index (χ2n) is 5.77. The molecule has 0 aliphatic rings. The first-order valence-corrected chi connectivity index (χ1v) is 7.55. The molecule has 0 N–H and O–H groups in total. The van der Waals surface area contributed by atoms with Crippen molar-refractivity contribution in [3.63, 3.8) is 0 Å². The molecule has 0 spiro atoms. The molecular formula is C15H20N6O3. The first-order valence-electron chi connectivity index (χ1n) is 7.55. The SMILES string of the molecule is COCCn1c(=O)c2c(nc(-n3nc(C)cc3C)n2C)n(C)c1=O. The van der Waals surface area contributed by atoms with Crippen molar-refractivity contribution in [1.29, 1.82) is 0 Å². The third kappa shape index (κ3) is 2.28. The lowest BCUT2D eigenvalue weighted by molar-refractivity contribution is 0.184. The maximum Gasteiger partial charge on any atom is 0.332 e. The Morgan fingerprint density at radius 1 is 1.17 bits per heavy atom. The second-order valence-corrected chi connectivity index (χ2v) is 5.77. The van der Waals surface area contributed by atoms with Crippen molar-refractivity contribution in [2.24, 2.45) is 14.1 Å². The van der Waals surface area contributed by atoms with Crippen molar-refractivity contribution >= 4 is 11.2 Å². The summed E-state index contributed by atoms with van der Waals surface area (Å²) in [6.07, 6.45) is 0. The molecule has 9 nitrogen and oxygen atoms in total. The molecule has 3 aromatic rings. The van der Waals surface area contributed by atoms with Crippen LogP contribution in [0.3, 0.4) is 0 Å². The summed E-state index contributed by atoms with van der Waals surface area (Å²) < 4.78 is 10.9. The van der Waals surface area contributed by atoms with Crippen LogP contribution in [0, 0.1) is 13.8 Å². The van der Waals surface area contributed by atoms with Crippen LogP contribution in [0.15, 0.2) is 15.7 Å². The molecule has 128 valence electrons. The van der Waals surface area contributed by atoms with Gasteiger partial charge in [-0.25, -0.2) is 9.48 Å². The van der Waals surface area contributed by atoms with Crippen LogP contribution in [0.1, 0.15) is 11.4 Å². The van der Waals surface area contributed by atoms with Crippen LogP contribution >= 0.6 is 0 Å². The topological polar surface area (TPSA) is 88.9 Å². The van der Waals surface area contributed by atoms with Gasteiger partial charge in [-0.05, 0) is 19.9 Å². The van der Waals surface area contributed by atoms with Crippen LogP contribution in [0.4, 0.5) is 0 Å². The van der Waals surface area contributed by atoms with E-state index in [0.29, 0.717) is 17.1 Å². The maximum atomic E-state index is 12.8. The molecule has 0 aliphatic carbocycles. The standard InChI is InChI=1S/C15H20N6O3/c1-9-8-10(2)21(17-9)14-16-12-11(18(14)3)13(22)20(6-7-24-5)15(23)19(12)4/h8H,6-7H2,1-5H3. The molecule has 9 heteroatoms. The fraction of sp³-hybridized carbons (Fsp3) is 0.467. The monoisotopic (exact) mass is 332 g/mol. The summed E-state index contributed by atoms with van der Waals surface area (Å²) in [7, 11) is 4.87. The molecule has 0 saturated heterocycles. The smallest absolute Gasteiger partial charge is 0.332 e. The minimum absolute atomic E-state index is 0.193. The Balaban J connectivity index is 2.35. The van der Waals surface area contributed by atoms with Crippen molar-refractivity contribution in [3.8, 4) is 5.95 Å². The Kier molecular flexibility index (Phi) is 3.88. The molecule has 0 bridgehead atoms. The highest BCUT2D eigenvalue weighted by Gasteiger charge is 2.20. The van der Waals surface area contributed by atoms with E-state index in [0.717, 1.165) is 11.4 Å². The third-order valence-electron chi connectivity index (χ3n) is 4.05. The van der Waals surface area contributed by atoms with E-state index in [-0.39, 0.29) is 18.7 Å². The summed E-state index contributed by atoms with van der Waals surface area (Å²) in [5.74, 6) is 0.493. The van der Waals surface area contributed by atoms with Gasteiger partial charge in [0.25, 0.3) is 5.56 Å². The van der Waals surface area contributed by atoms with Crippen LogP contribution in [0.5, 0.6) is 0 Å². The minimum Gasteiger partial charge on any atom is -0.383 e. The van der Waals surface area contributed by atoms with Gasteiger partial charge in [0.2, 0.25) is 5.95 Å². The van der Waals surface area contributed by atoms with Gasteiger partial charge >= 0.3 is 5.69 Å². The number of aryl methyl sites for hydroxylation is 4. The largest absolute Gasteiger partial charge is 0.383 e. The van der Waals surface area contributed by atoms with Gasteiger partial charge in [-0.1, -0.05) is 0 Å². The highest BCUT2D eigenvalue weighted by Crippen LogP contribution is 2.15. The van der Waals surface area contributed by atoms with E-state index in [4.69, 9.17) is 4.74 Å². The first kappa shape index (κ1) is 16.2. The van der Waals surface area contributed by atoms with Gasteiger partial charge in [-0.3, -0.25) is 13.9 Å². The third-order valence-corrected chi connectivity index (χ3v) is 4.05. The second kappa shape index (κ2) is 5.75. The Morgan fingerprint density at radius 3 is 2.46 bits per heavy atom. The number of hydrogen-bond donors (Lipinski definition) is 0. The average Bonchev–Trinajstić information content (AvgIpc) is 3.04. The number of nitrogens with zero attached hydrogens (tertiary/aromatic N) is 6. The predicted octanol–water partition coefficient (Wildman–Crippen LogP) is -0.117. The van der Waals surface area contributed by atoms with Gasteiger partial charge in [-0.2, -0.15) is 10.1 Å².